The van der Waals surface area contributed by atoms with Gasteiger partial charge in [-0.25, -0.2) is 0 Å². The number of methoxy groups -OCH3 is 2. The van der Waals surface area contributed by atoms with E-state index in [1.807, 2.05) is 0 Å². The molecule has 124 valence electrons. The molecule has 0 aromatic heterocycles. The highest BCUT2D eigenvalue weighted by atomic mass is 79.9. The van der Waals surface area contributed by atoms with Gasteiger partial charge in [0.25, 0.3) is 5.69 Å². The lowest BCUT2D eigenvalue weighted by molar-refractivity contribution is -0.385. The fourth-order valence-corrected chi connectivity index (χ4v) is 2.35. The molecule has 0 atom stereocenters. The first-order valence-electron chi connectivity index (χ1n) is 6.92. The zero-order chi connectivity index (χ0) is 17.5. The van der Waals surface area contributed by atoms with Crippen LogP contribution in [0.3, 0.4) is 0 Å². The number of halogens is 1. The Labute approximate surface area is 147 Å². The van der Waals surface area contributed by atoms with E-state index in [4.69, 9.17) is 9.47 Å². The summed E-state index contributed by atoms with van der Waals surface area (Å²) >= 11 is 3.15. The van der Waals surface area contributed by atoms with Gasteiger partial charge in [-0.1, -0.05) is 12.1 Å². The van der Waals surface area contributed by atoms with Crippen molar-refractivity contribution in [3.8, 4) is 11.5 Å². The minimum Gasteiger partial charge on any atom is -0.493 e. The Kier molecular flexibility index (Phi) is 6.08. The fourth-order valence-electron chi connectivity index (χ4n) is 1.96. The van der Waals surface area contributed by atoms with Crippen LogP contribution in [0.1, 0.15) is 5.56 Å². The zero-order valence-corrected chi connectivity index (χ0v) is 14.7. The lowest BCUT2D eigenvalue weighted by Gasteiger charge is -2.06. The number of benzene rings is 2. The van der Waals surface area contributed by atoms with E-state index in [1.54, 1.807) is 62.9 Å². The highest BCUT2D eigenvalue weighted by Gasteiger charge is 2.10. The molecule has 0 saturated heterocycles. The van der Waals surface area contributed by atoms with E-state index in [-0.39, 0.29) is 5.69 Å². The summed E-state index contributed by atoms with van der Waals surface area (Å²) in [6, 6.07) is 10.2. The van der Waals surface area contributed by atoms with E-state index >= 15 is 0 Å². The van der Waals surface area contributed by atoms with Crippen LogP contribution in [0.2, 0.25) is 0 Å². The van der Waals surface area contributed by atoms with Crippen molar-refractivity contribution >= 4 is 39.6 Å². The minimum absolute atomic E-state index is 0.0222. The van der Waals surface area contributed by atoms with Gasteiger partial charge in [-0.3, -0.25) is 15.1 Å². The Morgan fingerprint density at radius 1 is 1.12 bits per heavy atom. The number of hydrogen-bond acceptors (Lipinski definition) is 5. The maximum absolute atomic E-state index is 10.9. The number of hydrogen-bond donors (Lipinski definition) is 0. The van der Waals surface area contributed by atoms with Crippen molar-refractivity contribution in [3.05, 3.63) is 62.6 Å². The monoisotopic (exact) mass is 390 g/mol. The molecular formula is C17H15BrN2O4. The predicted octanol–water partition coefficient (Wildman–Crippen LogP) is 4.79. The minimum atomic E-state index is -0.431. The molecule has 7 heteroatoms. The summed E-state index contributed by atoms with van der Waals surface area (Å²) in [7, 11) is 3.13. The Morgan fingerprint density at radius 2 is 1.88 bits per heavy atom. The average Bonchev–Trinajstić information content (AvgIpc) is 2.59. The van der Waals surface area contributed by atoms with Crippen LogP contribution in [0, 0.1) is 10.1 Å². The fraction of sp³-hybridized carbons (Fsp3) is 0.118. The lowest BCUT2D eigenvalue weighted by atomic mass is 10.2. The van der Waals surface area contributed by atoms with Gasteiger partial charge >= 0.3 is 0 Å². The third-order valence-electron chi connectivity index (χ3n) is 3.13. The molecule has 0 amide bonds. The maximum Gasteiger partial charge on any atom is 0.284 e. The van der Waals surface area contributed by atoms with Crippen molar-refractivity contribution in [2.75, 3.05) is 14.2 Å². The first-order valence-corrected chi connectivity index (χ1v) is 7.71. The highest BCUT2D eigenvalue weighted by molar-refractivity contribution is 9.10. The number of rotatable bonds is 6. The normalized spacial score (nSPS) is 11.1. The summed E-state index contributed by atoms with van der Waals surface area (Å²) in [6.45, 7) is 0. The standard InChI is InChI=1S/C17H15BrN2O4/c1-23-16-8-6-13(11-17(16)24-2)19-9-3-4-12-5-7-14(18)15(10-12)20(21)22/h3-11H,1-2H3. The van der Waals surface area contributed by atoms with E-state index in [2.05, 4.69) is 20.9 Å². The van der Waals surface area contributed by atoms with Gasteiger partial charge in [0.1, 0.15) is 0 Å². The van der Waals surface area contributed by atoms with Crippen LogP contribution in [0.15, 0.2) is 51.9 Å². The molecule has 0 aliphatic heterocycles. The lowest BCUT2D eigenvalue weighted by Crippen LogP contribution is -1.89. The molecule has 0 aliphatic carbocycles. The number of aliphatic imine (C=N–C) groups is 1. The second-order valence-corrected chi connectivity index (χ2v) is 5.50. The molecular weight excluding hydrogens is 376 g/mol. The van der Waals surface area contributed by atoms with Crippen LogP contribution < -0.4 is 9.47 Å². The van der Waals surface area contributed by atoms with Crippen molar-refractivity contribution < 1.29 is 14.4 Å². The Balaban J connectivity index is 2.13. The Hall–Kier alpha value is -2.67. The van der Waals surface area contributed by atoms with Gasteiger partial charge in [0.05, 0.1) is 29.3 Å². The first kappa shape index (κ1) is 17.7. The van der Waals surface area contributed by atoms with Gasteiger partial charge in [-0.15, -0.1) is 0 Å². The summed E-state index contributed by atoms with van der Waals surface area (Å²) in [5.41, 5.74) is 1.44. The summed E-state index contributed by atoms with van der Waals surface area (Å²) < 4.78 is 10.8. The van der Waals surface area contributed by atoms with Crippen molar-refractivity contribution in [2.24, 2.45) is 4.99 Å². The van der Waals surface area contributed by atoms with Crippen molar-refractivity contribution in [1.82, 2.24) is 0 Å². The second kappa shape index (κ2) is 8.26. The highest BCUT2D eigenvalue weighted by Crippen LogP contribution is 2.31. The van der Waals surface area contributed by atoms with Gasteiger partial charge in [0, 0.05) is 18.3 Å². The molecule has 2 rings (SSSR count). The maximum atomic E-state index is 10.9. The van der Waals surface area contributed by atoms with E-state index in [1.165, 1.54) is 6.07 Å². The summed E-state index contributed by atoms with van der Waals surface area (Å²) in [4.78, 5) is 14.8. The Morgan fingerprint density at radius 3 is 2.54 bits per heavy atom. The van der Waals surface area contributed by atoms with E-state index in [0.717, 1.165) is 0 Å². The molecule has 0 radical (unpaired) electrons. The zero-order valence-electron chi connectivity index (χ0n) is 13.1. The SMILES string of the molecule is COc1ccc(N=CC=Cc2ccc(Br)c([N+](=O)[O-])c2)cc1OC. The Bertz CT molecular complexity index is 803. The number of ether oxygens (including phenoxy) is 2. The number of nitro benzene ring substituents is 1. The number of allylic oxidation sites excluding steroid dienone is 1. The van der Waals surface area contributed by atoms with Gasteiger partial charge < -0.3 is 9.47 Å². The number of nitro groups is 1. The predicted molar refractivity (Wildman–Crippen MR) is 97.5 cm³/mol. The second-order valence-electron chi connectivity index (χ2n) is 4.64. The van der Waals surface area contributed by atoms with E-state index < -0.39 is 4.92 Å². The third-order valence-corrected chi connectivity index (χ3v) is 3.80. The molecule has 0 bridgehead atoms. The molecule has 0 N–H and O–H groups in total. The molecule has 0 heterocycles. The van der Waals surface area contributed by atoms with Crippen LogP contribution in [0.5, 0.6) is 11.5 Å². The third kappa shape index (κ3) is 4.42. The molecule has 0 aliphatic rings. The van der Waals surface area contributed by atoms with Gasteiger partial charge in [0.2, 0.25) is 0 Å². The smallest absolute Gasteiger partial charge is 0.284 e. The van der Waals surface area contributed by atoms with Gasteiger partial charge in [-0.2, -0.15) is 0 Å². The number of nitrogens with zero attached hydrogens (tertiary/aromatic N) is 2. The topological polar surface area (TPSA) is 74.0 Å². The quantitative estimate of drug-likeness (QED) is 0.403. The van der Waals surface area contributed by atoms with Crippen LogP contribution in [-0.4, -0.2) is 25.4 Å². The summed E-state index contributed by atoms with van der Waals surface area (Å²) in [5.74, 6) is 1.23. The molecule has 24 heavy (non-hydrogen) atoms. The van der Waals surface area contributed by atoms with Crippen molar-refractivity contribution in [1.29, 1.82) is 0 Å². The molecule has 2 aromatic rings. The summed E-state index contributed by atoms with van der Waals surface area (Å²) in [6.07, 6.45) is 5.06. The van der Waals surface area contributed by atoms with Crippen LogP contribution in [0.4, 0.5) is 11.4 Å². The first-order chi connectivity index (χ1) is 11.5. The molecule has 0 spiro atoms. The molecule has 0 saturated carbocycles. The molecule has 0 fully saturated rings. The van der Waals surface area contributed by atoms with E-state index in [0.29, 0.717) is 27.2 Å². The van der Waals surface area contributed by atoms with Gasteiger partial charge in [0.15, 0.2) is 11.5 Å². The largest absolute Gasteiger partial charge is 0.493 e. The molecule has 6 nitrogen and oxygen atoms in total. The summed E-state index contributed by atoms with van der Waals surface area (Å²) in [5, 5.41) is 10.9. The van der Waals surface area contributed by atoms with Crippen molar-refractivity contribution in [2.45, 2.75) is 0 Å². The van der Waals surface area contributed by atoms with E-state index in [9.17, 15) is 10.1 Å². The van der Waals surface area contributed by atoms with Gasteiger partial charge in [-0.05, 0) is 45.8 Å². The molecule has 0 unspecified atom stereocenters. The van der Waals surface area contributed by atoms with Crippen LogP contribution >= 0.6 is 15.9 Å². The van der Waals surface area contributed by atoms with Crippen LogP contribution in [-0.2, 0) is 0 Å². The molecule has 2 aromatic carbocycles. The van der Waals surface area contributed by atoms with Crippen LogP contribution in [0.25, 0.3) is 6.08 Å². The van der Waals surface area contributed by atoms with Crippen molar-refractivity contribution in [3.63, 3.8) is 0 Å². The average molecular weight is 391 g/mol.